The summed E-state index contributed by atoms with van der Waals surface area (Å²) in [6.07, 6.45) is 8.44. The van der Waals surface area contributed by atoms with Crippen LogP contribution in [-0.2, 0) is 0 Å². The zero-order valence-electron chi connectivity index (χ0n) is 16.3. The zero-order valence-corrected chi connectivity index (χ0v) is 16.3. The van der Waals surface area contributed by atoms with E-state index in [0.717, 1.165) is 73.7 Å². The maximum atomic E-state index is 6.04. The third kappa shape index (κ3) is 4.24. The SMILES string of the molecule is CCN(c1cc(NC)cc(C2=CCCC=C2/C(N)=N/N)n1)C1CCNCC1. The zero-order chi connectivity index (χ0) is 19.2. The van der Waals surface area contributed by atoms with Crippen LogP contribution in [0.25, 0.3) is 5.57 Å². The molecule has 6 N–H and O–H groups in total. The number of amidine groups is 1. The van der Waals surface area contributed by atoms with Gasteiger partial charge in [-0.2, -0.15) is 5.10 Å². The van der Waals surface area contributed by atoms with Gasteiger partial charge in [-0.3, -0.25) is 0 Å². The first-order valence-electron chi connectivity index (χ1n) is 9.79. The highest BCUT2D eigenvalue weighted by atomic mass is 15.2. The summed E-state index contributed by atoms with van der Waals surface area (Å²) in [7, 11) is 1.94. The molecule has 27 heavy (non-hydrogen) atoms. The second kappa shape index (κ2) is 8.90. The quantitative estimate of drug-likeness (QED) is 0.265. The molecule has 1 aliphatic carbocycles. The van der Waals surface area contributed by atoms with E-state index in [1.165, 1.54) is 0 Å². The Morgan fingerprint density at radius 2 is 2.04 bits per heavy atom. The van der Waals surface area contributed by atoms with E-state index in [2.05, 4.69) is 51.8 Å². The van der Waals surface area contributed by atoms with Gasteiger partial charge in [-0.05, 0) is 51.8 Å². The molecule has 0 saturated carbocycles. The van der Waals surface area contributed by atoms with Crippen molar-refractivity contribution in [1.29, 1.82) is 0 Å². The fourth-order valence-electron chi connectivity index (χ4n) is 3.90. The molecule has 7 heteroatoms. The van der Waals surface area contributed by atoms with Gasteiger partial charge in [0, 0.05) is 42.5 Å². The van der Waals surface area contributed by atoms with Gasteiger partial charge in [0.05, 0.1) is 5.69 Å². The van der Waals surface area contributed by atoms with Crippen molar-refractivity contribution in [2.45, 2.75) is 38.6 Å². The first-order chi connectivity index (χ1) is 13.2. The molecule has 1 aromatic rings. The fourth-order valence-corrected chi connectivity index (χ4v) is 3.90. The monoisotopic (exact) mass is 369 g/mol. The average molecular weight is 370 g/mol. The molecule has 3 rings (SSSR count). The van der Waals surface area contributed by atoms with Crippen molar-refractivity contribution in [3.8, 4) is 0 Å². The smallest absolute Gasteiger partial charge is 0.150 e. The molecular weight excluding hydrogens is 338 g/mol. The van der Waals surface area contributed by atoms with Crippen molar-refractivity contribution in [2.24, 2.45) is 16.7 Å². The van der Waals surface area contributed by atoms with Crippen molar-refractivity contribution in [2.75, 3.05) is 36.9 Å². The average Bonchev–Trinajstić information content (AvgIpc) is 2.74. The minimum atomic E-state index is 0.352. The molecule has 0 unspecified atom stereocenters. The normalized spacial score (nSPS) is 18.7. The lowest BCUT2D eigenvalue weighted by Gasteiger charge is -2.35. The number of nitrogens with one attached hydrogen (secondary N) is 2. The van der Waals surface area contributed by atoms with Gasteiger partial charge in [-0.25, -0.2) is 4.98 Å². The van der Waals surface area contributed by atoms with Crippen LogP contribution in [0, 0.1) is 0 Å². The molecule has 1 aliphatic heterocycles. The Labute approximate surface area is 161 Å². The first kappa shape index (κ1) is 19.2. The van der Waals surface area contributed by atoms with Crippen LogP contribution in [0.5, 0.6) is 0 Å². The van der Waals surface area contributed by atoms with E-state index in [4.69, 9.17) is 16.6 Å². The number of anilines is 2. The number of piperidine rings is 1. The second-order valence-corrected chi connectivity index (χ2v) is 6.94. The Morgan fingerprint density at radius 1 is 1.30 bits per heavy atom. The Balaban J connectivity index is 2.00. The van der Waals surface area contributed by atoms with Crippen molar-refractivity contribution in [3.63, 3.8) is 0 Å². The van der Waals surface area contributed by atoms with Crippen LogP contribution in [0.1, 0.15) is 38.3 Å². The molecule has 0 atom stereocenters. The van der Waals surface area contributed by atoms with E-state index < -0.39 is 0 Å². The largest absolute Gasteiger partial charge is 0.388 e. The molecule has 2 heterocycles. The van der Waals surface area contributed by atoms with Gasteiger partial charge in [0.25, 0.3) is 0 Å². The molecule has 2 aliphatic rings. The summed E-state index contributed by atoms with van der Waals surface area (Å²) in [5.74, 6) is 6.80. The van der Waals surface area contributed by atoms with E-state index in [-0.39, 0.29) is 0 Å². The van der Waals surface area contributed by atoms with Gasteiger partial charge >= 0.3 is 0 Å². The van der Waals surface area contributed by atoms with E-state index in [1.807, 2.05) is 7.05 Å². The summed E-state index contributed by atoms with van der Waals surface area (Å²) in [6.45, 7) is 5.24. The van der Waals surface area contributed by atoms with E-state index in [0.29, 0.717) is 11.9 Å². The van der Waals surface area contributed by atoms with Gasteiger partial charge in [0.2, 0.25) is 0 Å². The lowest BCUT2D eigenvalue weighted by molar-refractivity contribution is 0.431. The van der Waals surface area contributed by atoms with Crippen LogP contribution in [0.4, 0.5) is 11.5 Å². The minimum absolute atomic E-state index is 0.352. The van der Waals surface area contributed by atoms with Crippen LogP contribution in [-0.4, -0.2) is 43.5 Å². The summed E-state index contributed by atoms with van der Waals surface area (Å²) >= 11 is 0. The van der Waals surface area contributed by atoms with E-state index in [1.54, 1.807) is 0 Å². The molecular formula is C20H31N7. The first-order valence-corrected chi connectivity index (χ1v) is 9.79. The maximum Gasteiger partial charge on any atom is 0.150 e. The molecule has 0 radical (unpaired) electrons. The standard InChI is InChI=1S/C20H31N7/c1-3-27(15-8-10-24-11-9-15)19-13-14(23-2)12-18(25-19)16-6-4-5-7-17(16)20(21)26-22/h6-7,12-13,15,24H,3-5,8-11,22H2,1-2H3,(H2,21,26)(H,23,25). The highest BCUT2D eigenvalue weighted by Gasteiger charge is 2.23. The molecule has 0 amide bonds. The molecule has 1 fully saturated rings. The molecule has 0 bridgehead atoms. The summed E-state index contributed by atoms with van der Waals surface area (Å²) < 4.78 is 0. The number of hydrogen-bond acceptors (Lipinski definition) is 6. The predicted molar refractivity (Wildman–Crippen MR) is 114 cm³/mol. The number of allylic oxidation sites excluding steroid dienone is 2. The molecule has 7 nitrogen and oxygen atoms in total. The minimum Gasteiger partial charge on any atom is -0.388 e. The Hall–Kier alpha value is -2.54. The predicted octanol–water partition coefficient (Wildman–Crippen LogP) is 2.04. The van der Waals surface area contributed by atoms with Gasteiger partial charge in [-0.15, -0.1) is 0 Å². The van der Waals surface area contributed by atoms with Crippen molar-refractivity contribution in [1.82, 2.24) is 10.3 Å². The van der Waals surface area contributed by atoms with Crippen molar-refractivity contribution in [3.05, 3.63) is 35.6 Å². The Morgan fingerprint density at radius 3 is 2.70 bits per heavy atom. The third-order valence-electron chi connectivity index (χ3n) is 5.33. The molecule has 0 aromatic carbocycles. The second-order valence-electron chi connectivity index (χ2n) is 6.94. The fraction of sp³-hybridized carbons (Fsp3) is 0.500. The summed E-state index contributed by atoms with van der Waals surface area (Å²) in [4.78, 5) is 7.44. The summed E-state index contributed by atoms with van der Waals surface area (Å²) in [5, 5.41) is 10.4. The van der Waals surface area contributed by atoms with E-state index in [9.17, 15) is 0 Å². The molecule has 0 spiro atoms. The summed E-state index contributed by atoms with van der Waals surface area (Å²) in [5.41, 5.74) is 9.87. The summed E-state index contributed by atoms with van der Waals surface area (Å²) in [6, 6.07) is 4.70. The molecule has 1 saturated heterocycles. The lowest BCUT2D eigenvalue weighted by Crippen LogP contribution is -2.43. The molecule has 146 valence electrons. The maximum absolute atomic E-state index is 6.04. The van der Waals surface area contributed by atoms with Crippen molar-refractivity contribution < 1.29 is 0 Å². The van der Waals surface area contributed by atoms with Crippen LogP contribution in [0.2, 0.25) is 0 Å². The van der Waals surface area contributed by atoms with Crippen LogP contribution < -0.4 is 27.1 Å². The van der Waals surface area contributed by atoms with Crippen LogP contribution >= 0.6 is 0 Å². The number of rotatable bonds is 6. The molecule has 1 aromatic heterocycles. The number of nitrogens with two attached hydrogens (primary N) is 2. The number of pyridine rings is 1. The van der Waals surface area contributed by atoms with E-state index >= 15 is 0 Å². The lowest BCUT2D eigenvalue weighted by atomic mass is 9.93. The number of nitrogens with zero attached hydrogens (tertiary/aromatic N) is 3. The third-order valence-corrected chi connectivity index (χ3v) is 5.33. The van der Waals surface area contributed by atoms with Gasteiger partial charge in [-0.1, -0.05) is 12.2 Å². The Bertz CT molecular complexity index is 745. The van der Waals surface area contributed by atoms with Crippen LogP contribution in [0.15, 0.2) is 35.0 Å². The van der Waals surface area contributed by atoms with Gasteiger partial charge in [0.1, 0.15) is 5.82 Å². The van der Waals surface area contributed by atoms with Crippen LogP contribution in [0.3, 0.4) is 0 Å². The van der Waals surface area contributed by atoms with Gasteiger partial charge in [0.15, 0.2) is 5.84 Å². The van der Waals surface area contributed by atoms with Gasteiger partial charge < -0.3 is 27.1 Å². The Kier molecular flexibility index (Phi) is 6.34. The number of hydrazone groups is 1. The highest BCUT2D eigenvalue weighted by Crippen LogP contribution is 2.32. The highest BCUT2D eigenvalue weighted by molar-refractivity contribution is 6.11. The van der Waals surface area contributed by atoms with Crippen molar-refractivity contribution >= 4 is 22.9 Å². The number of aromatic nitrogens is 1. The topological polar surface area (TPSA) is 105 Å². The number of hydrogen-bond donors (Lipinski definition) is 4.